The van der Waals surface area contributed by atoms with Crippen LogP contribution in [0.15, 0.2) is 41.3 Å². The molecule has 198 valence electrons. The highest BCUT2D eigenvalue weighted by Gasteiger charge is 2.45. The minimum absolute atomic E-state index is 0.0945. The van der Waals surface area contributed by atoms with Gasteiger partial charge < -0.3 is 14.9 Å². The molecule has 8 nitrogen and oxygen atoms in total. The number of pyridine rings is 1. The molecule has 0 aliphatic heterocycles. The van der Waals surface area contributed by atoms with Gasteiger partial charge in [-0.15, -0.1) is 4.72 Å². The summed E-state index contributed by atoms with van der Waals surface area (Å²) in [5.41, 5.74) is 0.555. The van der Waals surface area contributed by atoms with E-state index in [1.54, 1.807) is 31.5 Å². The number of fused-ring (bicyclic) bond motifs is 1. The van der Waals surface area contributed by atoms with Crippen molar-refractivity contribution in [1.82, 2.24) is 19.5 Å². The van der Waals surface area contributed by atoms with Gasteiger partial charge in [-0.1, -0.05) is 25.0 Å². The molecule has 1 aliphatic rings. The number of H-pyrrole nitrogens is 1. The third-order valence-electron chi connectivity index (χ3n) is 6.45. The van der Waals surface area contributed by atoms with Gasteiger partial charge >= 0.3 is 6.18 Å². The van der Waals surface area contributed by atoms with Crippen LogP contribution in [0.2, 0.25) is 0 Å². The Morgan fingerprint density at radius 3 is 2.49 bits per heavy atom. The summed E-state index contributed by atoms with van der Waals surface area (Å²) < 4.78 is 56.7. The van der Waals surface area contributed by atoms with E-state index in [2.05, 4.69) is 26.2 Å². The molecule has 3 aromatic rings. The maximum atomic E-state index is 13.8. The average molecular weight is 535 g/mol. The fourth-order valence-electron chi connectivity index (χ4n) is 4.50. The predicted molar refractivity (Wildman–Crippen MR) is 137 cm³/mol. The van der Waals surface area contributed by atoms with Crippen molar-refractivity contribution in [3.8, 4) is 6.07 Å². The minimum Gasteiger partial charge on any atom is -0.598 e. The molecular weight excluding hydrogens is 505 g/mol. The van der Waals surface area contributed by atoms with Gasteiger partial charge in [-0.3, -0.25) is 9.48 Å². The van der Waals surface area contributed by atoms with Crippen molar-refractivity contribution in [1.29, 1.82) is 5.26 Å². The number of hydrogen-bond donors (Lipinski definition) is 3. The molecule has 2 aromatic heterocycles. The van der Waals surface area contributed by atoms with Gasteiger partial charge in [0.05, 0.1) is 23.5 Å². The van der Waals surface area contributed by atoms with Gasteiger partial charge in [0.25, 0.3) is 5.56 Å². The van der Waals surface area contributed by atoms with Crippen LogP contribution in [0.1, 0.15) is 64.1 Å². The molecule has 4 atom stereocenters. The van der Waals surface area contributed by atoms with Crippen LogP contribution in [-0.2, 0) is 11.4 Å². The first kappa shape index (κ1) is 27.0. The first-order chi connectivity index (χ1) is 17.4. The Morgan fingerprint density at radius 1 is 1.19 bits per heavy atom. The Labute approximate surface area is 215 Å². The summed E-state index contributed by atoms with van der Waals surface area (Å²) in [6, 6.07) is 7.30. The number of aromatic amines is 1. The van der Waals surface area contributed by atoms with Crippen LogP contribution >= 0.6 is 0 Å². The van der Waals surface area contributed by atoms with Crippen LogP contribution in [0.25, 0.3) is 10.9 Å². The second-order valence-electron chi connectivity index (χ2n) is 10.2. The number of anilines is 2. The monoisotopic (exact) mass is 534 g/mol. The van der Waals surface area contributed by atoms with Gasteiger partial charge in [0.15, 0.2) is 11.9 Å². The SMILES string of the molecule is CC(C)(C)[S+]([O-])N[C@@H](c1ccc(Nc2nn([C@H]3CCCC[C@@H]3C#N)c3cc[nH]c(=O)c23)cc1)C(F)(F)F. The van der Waals surface area contributed by atoms with Crippen molar-refractivity contribution in [3.05, 3.63) is 52.4 Å². The molecule has 0 radical (unpaired) electrons. The smallest absolute Gasteiger partial charge is 0.412 e. The van der Waals surface area contributed by atoms with Crippen LogP contribution < -0.4 is 15.6 Å². The molecule has 0 saturated heterocycles. The van der Waals surface area contributed by atoms with Crippen LogP contribution in [0, 0.1) is 17.2 Å². The number of halogens is 3. The standard InChI is InChI=1S/C25H29F3N6O2S/c1-24(2,3)37(36)33-21(25(26,27)28)15-8-10-17(11-9-15)31-22-20-19(12-13-30-23(20)35)34(32-22)18-7-5-4-6-16(18)14-29/h8-13,16,18,21,33H,4-7H2,1-3H3,(H,30,35)(H,31,32)/t16-,18+,21+,37?/m1/s1. The van der Waals surface area contributed by atoms with Gasteiger partial charge in [0.1, 0.15) is 10.1 Å². The van der Waals surface area contributed by atoms with Crippen LogP contribution in [0.4, 0.5) is 24.7 Å². The lowest BCUT2D eigenvalue weighted by molar-refractivity contribution is -0.153. The molecule has 37 heavy (non-hydrogen) atoms. The molecular formula is C25H29F3N6O2S. The van der Waals surface area contributed by atoms with E-state index in [1.807, 2.05) is 0 Å². The molecule has 12 heteroatoms. The zero-order chi connectivity index (χ0) is 27.0. The van der Waals surface area contributed by atoms with Gasteiger partial charge in [-0.05, 0) is 57.4 Å². The topological polar surface area (TPSA) is 122 Å². The van der Waals surface area contributed by atoms with E-state index < -0.39 is 28.3 Å². The molecule has 1 aliphatic carbocycles. The quantitative estimate of drug-likeness (QED) is 0.365. The van der Waals surface area contributed by atoms with E-state index in [0.717, 1.165) is 25.7 Å². The molecule has 3 N–H and O–H groups in total. The highest BCUT2D eigenvalue weighted by molar-refractivity contribution is 7.90. The summed E-state index contributed by atoms with van der Waals surface area (Å²) in [5.74, 6) is 0.0277. The summed E-state index contributed by atoms with van der Waals surface area (Å²) in [6.45, 7) is 4.77. The number of nitrogens with one attached hydrogen (secondary N) is 3. The van der Waals surface area contributed by atoms with Gasteiger partial charge in [0, 0.05) is 23.2 Å². The molecule has 4 rings (SSSR count). The summed E-state index contributed by atoms with van der Waals surface area (Å²) in [4.78, 5) is 15.3. The number of alkyl halides is 3. The van der Waals surface area contributed by atoms with Crippen molar-refractivity contribution in [2.45, 2.75) is 69.5 Å². The third-order valence-corrected chi connectivity index (χ3v) is 8.02. The fourth-order valence-corrected chi connectivity index (χ4v) is 5.34. The van der Waals surface area contributed by atoms with Crippen molar-refractivity contribution in [3.63, 3.8) is 0 Å². The lowest BCUT2D eigenvalue weighted by Crippen LogP contribution is -2.45. The molecule has 2 heterocycles. The fraction of sp³-hybridized carbons (Fsp3) is 0.480. The average Bonchev–Trinajstić information content (AvgIpc) is 3.21. The second-order valence-corrected chi connectivity index (χ2v) is 12.2. The first-order valence-electron chi connectivity index (χ1n) is 12.0. The molecule has 1 saturated carbocycles. The Bertz CT molecular complexity index is 1340. The Kier molecular flexibility index (Phi) is 7.60. The second kappa shape index (κ2) is 10.4. The molecule has 1 fully saturated rings. The maximum Gasteiger partial charge on any atom is 0.412 e. The Hall–Kier alpha value is -3.01. The minimum atomic E-state index is -4.66. The lowest BCUT2D eigenvalue weighted by atomic mass is 9.85. The van der Waals surface area contributed by atoms with Crippen LogP contribution in [0.3, 0.4) is 0 Å². The van der Waals surface area contributed by atoms with Crippen molar-refractivity contribution < 1.29 is 17.7 Å². The molecule has 0 amide bonds. The Balaban J connectivity index is 1.65. The number of hydrogen-bond acceptors (Lipinski definition) is 6. The summed E-state index contributed by atoms with van der Waals surface area (Å²) in [6.07, 6.45) is 0.296. The van der Waals surface area contributed by atoms with Gasteiger partial charge in [-0.25, -0.2) is 0 Å². The zero-order valence-corrected chi connectivity index (χ0v) is 21.5. The largest absolute Gasteiger partial charge is 0.598 e. The molecule has 1 unspecified atom stereocenters. The highest BCUT2D eigenvalue weighted by atomic mass is 32.2. The van der Waals surface area contributed by atoms with Gasteiger partial charge in [-0.2, -0.15) is 23.5 Å². The van der Waals surface area contributed by atoms with E-state index in [-0.39, 0.29) is 28.9 Å². The summed E-state index contributed by atoms with van der Waals surface area (Å²) in [5, 5.41) is 17.6. The summed E-state index contributed by atoms with van der Waals surface area (Å²) in [7, 11) is 0. The van der Waals surface area contributed by atoms with Crippen LogP contribution in [-0.4, -0.2) is 30.2 Å². The number of aromatic nitrogens is 3. The zero-order valence-electron chi connectivity index (χ0n) is 20.7. The van der Waals surface area contributed by atoms with E-state index in [4.69, 9.17) is 0 Å². The predicted octanol–water partition coefficient (Wildman–Crippen LogP) is 5.38. The number of nitriles is 1. The van der Waals surface area contributed by atoms with Crippen LogP contribution in [0.5, 0.6) is 0 Å². The normalized spacial score (nSPS) is 20.4. The highest BCUT2D eigenvalue weighted by Crippen LogP contribution is 2.38. The van der Waals surface area contributed by atoms with E-state index >= 15 is 0 Å². The lowest BCUT2D eigenvalue weighted by Gasteiger charge is -2.29. The maximum absolute atomic E-state index is 13.8. The van der Waals surface area contributed by atoms with E-state index in [9.17, 15) is 27.8 Å². The number of nitrogens with zero attached hydrogens (tertiary/aromatic N) is 3. The first-order valence-corrected chi connectivity index (χ1v) is 13.2. The number of benzene rings is 1. The molecule has 1 aromatic carbocycles. The van der Waals surface area contributed by atoms with E-state index in [0.29, 0.717) is 16.6 Å². The third kappa shape index (κ3) is 5.79. The number of rotatable bonds is 6. The van der Waals surface area contributed by atoms with Crippen molar-refractivity contribution in [2.24, 2.45) is 5.92 Å². The van der Waals surface area contributed by atoms with Crippen molar-refractivity contribution >= 4 is 33.8 Å². The molecule has 0 bridgehead atoms. The summed E-state index contributed by atoms with van der Waals surface area (Å²) >= 11 is -1.93. The molecule has 0 spiro atoms. The van der Waals surface area contributed by atoms with Crippen molar-refractivity contribution in [2.75, 3.05) is 5.32 Å². The Morgan fingerprint density at radius 2 is 1.86 bits per heavy atom. The van der Waals surface area contributed by atoms with Gasteiger partial charge in [0.2, 0.25) is 0 Å². The van der Waals surface area contributed by atoms with E-state index in [1.165, 1.54) is 30.5 Å².